The van der Waals surface area contributed by atoms with E-state index in [1.54, 1.807) is 12.1 Å². The summed E-state index contributed by atoms with van der Waals surface area (Å²) < 4.78 is 21.2. The lowest BCUT2D eigenvalue weighted by Gasteiger charge is -2.09. The number of nitrogens with zero attached hydrogens (tertiary/aromatic N) is 2. The Balaban J connectivity index is 2.01. The molecule has 1 aliphatic rings. The maximum atomic E-state index is 12.2. The van der Waals surface area contributed by atoms with Gasteiger partial charge in [-0.15, -0.1) is 0 Å². The number of carbonyl (C=O) groups excluding carboxylic acids is 1. The molecule has 0 spiro atoms. The highest BCUT2D eigenvalue weighted by Gasteiger charge is 2.30. The number of esters is 1. The summed E-state index contributed by atoms with van der Waals surface area (Å²) in [6, 6.07) is 6.78. The summed E-state index contributed by atoms with van der Waals surface area (Å²) in [6.07, 6.45) is 2.60. The average molecular weight is 328 g/mol. The molecule has 0 atom stereocenters. The molecule has 0 fully saturated rings. The molecule has 7 heteroatoms. The Morgan fingerprint density at radius 1 is 1.17 bits per heavy atom. The number of ether oxygens (including phenoxy) is 4. The van der Waals surface area contributed by atoms with Crippen LogP contribution in [0.3, 0.4) is 0 Å². The number of hydrogen-bond acceptors (Lipinski definition) is 7. The van der Waals surface area contributed by atoms with Crippen LogP contribution in [0.25, 0.3) is 5.76 Å². The first-order valence-corrected chi connectivity index (χ1v) is 7.37. The zero-order valence-electron chi connectivity index (χ0n) is 13.5. The highest BCUT2D eigenvalue weighted by molar-refractivity contribution is 6.05. The van der Waals surface area contributed by atoms with Gasteiger partial charge in [-0.2, -0.15) is 9.97 Å². The second-order valence-electron chi connectivity index (χ2n) is 4.88. The Morgan fingerprint density at radius 3 is 2.50 bits per heavy atom. The highest BCUT2D eigenvalue weighted by atomic mass is 16.5. The van der Waals surface area contributed by atoms with Crippen LogP contribution in [0.15, 0.2) is 30.3 Å². The Hall–Kier alpha value is -3.09. The van der Waals surface area contributed by atoms with Crippen LogP contribution >= 0.6 is 0 Å². The van der Waals surface area contributed by atoms with Gasteiger partial charge < -0.3 is 18.9 Å². The van der Waals surface area contributed by atoms with E-state index >= 15 is 0 Å². The summed E-state index contributed by atoms with van der Waals surface area (Å²) in [5.74, 6) is 0.965. The third-order valence-corrected chi connectivity index (χ3v) is 3.37. The van der Waals surface area contributed by atoms with E-state index in [1.165, 1.54) is 20.3 Å². The summed E-state index contributed by atoms with van der Waals surface area (Å²) in [6.45, 7) is 1.97. The Morgan fingerprint density at radius 2 is 1.88 bits per heavy atom. The van der Waals surface area contributed by atoms with Crippen molar-refractivity contribution in [3.8, 4) is 23.5 Å². The maximum absolute atomic E-state index is 12.2. The van der Waals surface area contributed by atoms with E-state index in [0.717, 1.165) is 6.42 Å². The van der Waals surface area contributed by atoms with Crippen LogP contribution in [0.5, 0.6) is 23.5 Å². The van der Waals surface area contributed by atoms with Gasteiger partial charge in [-0.05, 0) is 18.6 Å². The van der Waals surface area contributed by atoms with E-state index in [4.69, 9.17) is 18.9 Å². The SMILES string of the molecule is CC/C=C1\OC(=O)c2c(Oc3nc(OC)cc(OC)n3)cccc21. The molecule has 0 aliphatic carbocycles. The van der Waals surface area contributed by atoms with Crippen molar-refractivity contribution in [2.45, 2.75) is 13.3 Å². The first-order chi connectivity index (χ1) is 11.7. The number of fused-ring (bicyclic) bond motifs is 1. The number of hydrogen-bond donors (Lipinski definition) is 0. The van der Waals surface area contributed by atoms with Crippen LogP contribution < -0.4 is 14.2 Å². The number of aromatic nitrogens is 2. The van der Waals surface area contributed by atoms with Crippen LogP contribution in [0.2, 0.25) is 0 Å². The van der Waals surface area contributed by atoms with Crippen molar-refractivity contribution in [3.63, 3.8) is 0 Å². The van der Waals surface area contributed by atoms with Gasteiger partial charge in [0.2, 0.25) is 11.8 Å². The quantitative estimate of drug-likeness (QED) is 0.780. The van der Waals surface area contributed by atoms with Crippen LogP contribution in [-0.4, -0.2) is 30.2 Å². The Labute approximate surface area is 138 Å². The summed E-state index contributed by atoms with van der Waals surface area (Å²) in [7, 11) is 2.95. The van der Waals surface area contributed by atoms with E-state index < -0.39 is 5.97 Å². The number of rotatable bonds is 5. The molecule has 0 N–H and O–H groups in total. The number of methoxy groups -OCH3 is 2. The predicted molar refractivity (Wildman–Crippen MR) is 85.3 cm³/mol. The van der Waals surface area contributed by atoms with Gasteiger partial charge in [-0.1, -0.05) is 19.1 Å². The van der Waals surface area contributed by atoms with E-state index in [1.807, 2.05) is 19.1 Å². The standard InChI is InChI=1S/C17H16N2O5/c1-4-6-11-10-7-5-8-12(15(10)16(20)23-11)24-17-18-13(21-2)9-14(19-17)22-3/h5-9H,4H2,1-3H3/b11-6-. The van der Waals surface area contributed by atoms with E-state index in [-0.39, 0.29) is 6.01 Å². The fourth-order valence-electron chi connectivity index (χ4n) is 2.31. The molecule has 3 rings (SSSR count). The largest absolute Gasteiger partial charge is 0.481 e. The fraction of sp³-hybridized carbons (Fsp3) is 0.235. The lowest BCUT2D eigenvalue weighted by Crippen LogP contribution is -2.01. The minimum absolute atomic E-state index is 0.0142. The van der Waals surface area contributed by atoms with Crippen molar-refractivity contribution >= 4 is 11.7 Å². The molecule has 24 heavy (non-hydrogen) atoms. The van der Waals surface area contributed by atoms with Gasteiger partial charge in [0.15, 0.2) is 0 Å². The lowest BCUT2D eigenvalue weighted by molar-refractivity contribution is 0.0713. The molecule has 2 aromatic rings. The van der Waals surface area contributed by atoms with Crippen LogP contribution in [0.1, 0.15) is 29.3 Å². The molecule has 0 bridgehead atoms. The Bertz CT molecular complexity index is 794. The molecule has 1 aliphatic heterocycles. The van der Waals surface area contributed by atoms with Crippen molar-refractivity contribution in [2.75, 3.05) is 14.2 Å². The molecule has 0 amide bonds. The second kappa shape index (κ2) is 6.57. The minimum atomic E-state index is -0.463. The van der Waals surface area contributed by atoms with Crippen molar-refractivity contribution in [2.24, 2.45) is 0 Å². The van der Waals surface area contributed by atoms with Gasteiger partial charge >= 0.3 is 12.0 Å². The maximum Gasteiger partial charge on any atom is 0.348 e. The minimum Gasteiger partial charge on any atom is -0.481 e. The molecule has 0 unspecified atom stereocenters. The molecule has 2 heterocycles. The molecule has 7 nitrogen and oxygen atoms in total. The van der Waals surface area contributed by atoms with Gasteiger partial charge in [0.1, 0.15) is 17.1 Å². The summed E-state index contributed by atoms with van der Waals surface area (Å²) in [4.78, 5) is 20.4. The van der Waals surface area contributed by atoms with Gasteiger partial charge in [0.25, 0.3) is 0 Å². The number of benzene rings is 1. The van der Waals surface area contributed by atoms with Crippen molar-refractivity contribution in [1.82, 2.24) is 9.97 Å². The fourth-order valence-corrected chi connectivity index (χ4v) is 2.31. The molecular formula is C17H16N2O5. The van der Waals surface area contributed by atoms with E-state index in [0.29, 0.717) is 34.4 Å². The van der Waals surface area contributed by atoms with E-state index in [9.17, 15) is 4.79 Å². The van der Waals surface area contributed by atoms with Gasteiger partial charge in [0.05, 0.1) is 20.3 Å². The number of carbonyl (C=O) groups is 1. The molecule has 0 radical (unpaired) electrons. The zero-order chi connectivity index (χ0) is 17.1. The topological polar surface area (TPSA) is 79.8 Å². The monoisotopic (exact) mass is 328 g/mol. The lowest BCUT2D eigenvalue weighted by atomic mass is 10.1. The summed E-state index contributed by atoms with van der Waals surface area (Å²) >= 11 is 0. The van der Waals surface area contributed by atoms with Crippen LogP contribution in [0.4, 0.5) is 0 Å². The molecule has 1 aromatic heterocycles. The third kappa shape index (κ3) is 2.88. The molecule has 0 saturated heterocycles. The molecule has 124 valence electrons. The third-order valence-electron chi connectivity index (χ3n) is 3.37. The first kappa shape index (κ1) is 15.8. The van der Waals surface area contributed by atoms with E-state index in [2.05, 4.69) is 9.97 Å². The molecular weight excluding hydrogens is 312 g/mol. The second-order valence-corrected chi connectivity index (χ2v) is 4.88. The average Bonchev–Trinajstić information content (AvgIpc) is 2.92. The van der Waals surface area contributed by atoms with Crippen molar-refractivity contribution in [3.05, 3.63) is 41.5 Å². The van der Waals surface area contributed by atoms with Gasteiger partial charge in [-0.25, -0.2) is 4.79 Å². The van der Waals surface area contributed by atoms with Gasteiger partial charge in [0, 0.05) is 5.56 Å². The smallest absolute Gasteiger partial charge is 0.348 e. The number of allylic oxidation sites excluding steroid dienone is 1. The highest BCUT2D eigenvalue weighted by Crippen LogP contribution is 2.37. The van der Waals surface area contributed by atoms with Crippen molar-refractivity contribution in [1.29, 1.82) is 0 Å². The molecule has 1 aromatic carbocycles. The summed E-state index contributed by atoms with van der Waals surface area (Å²) in [5, 5.41) is 0. The zero-order valence-corrected chi connectivity index (χ0v) is 13.5. The van der Waals surface area contributed by atoms with Gasteiger partial charge in [-0.3, -0.25) is 0 Å². The number of cyclic esters (lactones) is 1. The summed E-state index contributed by atoms with van der Waals surface area (Å²) in [5.41, 5.74) is 1.04. The van der Waals surface area contributed by atoms with Crippen molar-refractivity contribution < 1.29 is 23.7 Å². The normalized spacial score (nSPS) is 14.3. The molecule has 0 saturated carbocycles. The first-order valence-electron chi connectivity index (χ1n) is 7.37. The predicted octanol–water partition coefficient (Wildman–Crippen LogP) is 3.21. The van der Waals surface area contributed by atoms with Crippen LogP contribution in [0, 0.1) is 0 Å². The Kier molecular flexibility index (Phi) is 4.33. The van der Waals surface area contributed by atoms with Crippen LogP contribution in [-0.2, 0) is 4.74 Å².